The van der Waals surface area contributed by atoms with Crippen LogP contribution in [0.3, 0.4) is 0 Å². The summed E-state index contributed by atoms with van der Waals surface area (Å²) in [6, 6.07) is 5.80. The molecule has 1 amide bonds. The lowest BCUT2D eigenvalue weighted by molar-refractivity contribution is -0.126. The molecule has 0 aliphatic carbocycles. The average molecular weight is 394 g/mol. The molecule has 4 rings (SSSR count). The first-order valence-corrected chi connectivity index (χ1v) is 10.1. The Kier molecular flexibility index (Phi) is 5.64. The zero-order valence-electron chi connectivity index (χ0n) is 16.9. The fourth-order valence-electron chi connectivity index (χ4n) is 3.71. The van der Waals surface area contributed by atoms with E-state index in [2.05, 4.69) is 21.8 Å². The fourth-order valence-corrected chi connectivity index (χ4v) is 3.71. The highest BCUT2D eigenvalue weighted by molar-refractivity contribution is 5.92. The first-order valence-electron chi connectivity index (χ1n) is 10.1. The molecule has 1 aromatic heterocycles. The van der Waals surface area contributed by atoms with Crippen LogP contribution >= 0.6 is 0 Å². The lowest BCUT2D eigenvalue weighted by Gasteiger charge is -2.34. The van der Waals surface area contributed by atoms with Gasteiger partial charge in [0.25, 0.3) is 0 Å². The molecular formula is C22H26N4O3. The van der Waals surface area contributed by atoms with Crippen molar-refractivity contribution in [2.75, 3.05) is 37.7 Å². The second kappa shape index (κ2) is 8.51. The van der Waals surface area contributed by atoms with Crippen LogP contribution in [0.25, 0.3) is 6.08 Å². The Labute approximate surface area is 171 Å². The monoisotopic (exact) mass is 394 g/mol. The van der Waals surface area contributed by atoms with Crippen molar-refractivity contribution in [3.8, 4) is 11.5 Å². The van der Waals surface area contributed by atoms with Crippen molar-refractivity contribution in [3.63, 3.8) is 0 Å². The Morgan fingerprint density at radius 1 is 1.24 bits per heavy atom. The smallest absolute Gasteiger partial charge is 0.246 e. The molecule has 0 bridgehead atoms. The number of carbonyl (C=O) groups excluding carboxylic acids is 1. The molecule has 7 heteroatoms. The van der Waals surface area contributed by atoms with E-state index in [0.717, 1.165) is 42.1 Å². The van der Waals surface area contributed by atoms with Gasteiger partial charge in [-0.2, -0.15) is 0 Å². The molecule has 1 fully saturated rings. The maximum Gasteiger partial charge on any atom is 0.246 e. The zero-order valence-corrected chi connectivity index (χ0v) is 16.9. The summed E-state index contributed by atoms with van der Waals surface area (Å²) >= 11 is 0. The Hall–Kier alpha value is -3.09. The van der Waals surface area contributed by atoms with E-state index in [-0.39, 0.29) is 12.0 Å². The van der Waals surface area contributed by atoms with E-state index < -0.39 is 0 Å². The lowest BCUT2D eigenvalue weighted by Crippen LogP contribution is -2.48. The van der Waals surface area contributed by atoms with Crippen LogP contribution in [0.4, 0.5) is 5.95 Å². The highest BCUT2D eigenvalue weighted by Crippen LogP contribution is 2.35. The first kappa shape index (κ1) is 19.2. The molecule has 0 unspecified atom stereocenters. The quantitative estimate of drug-likeness (QED) is 0.726. The number of ether oxygens (including phenoxy) is 2. The van der Waals surface area contributed by atoms with Crippen molar-refractivity contribution in [3.05, 3.63) is 47.8 Å². The van der Waals surface area contributed by atoms with E-state index in [0.29, 0.717) is 25.6 Å². The Morgan fingerprint density at radius 2 is 2.00 bits per heavy atom. The second-order valence-corrected chi connectivity index (χ2v) is 7.26. The number of anilines is 1. The van der Waals surface area contributed by atoms with Gasteiger partial charge in [0.1, 0.15) is 17.6 Å². The van der Waals surface area contributed by atoms with Gasteiger partial charge in [0.05, 0.1) is 6.61 Å². The number of aromatic nitrogens is 2. The van der Waals surface area contributed by atoms with E-state index >= 15 is 0 Å². The number of fused-ring (bicyclic) bond motifs is 1. The summed E-state index contributed by atoms with van der Waals surface area (Å²) in [5, 5.41) is 0. The normalized spacial score (nSPS) is 18.6. The van der Waals surface area contributed by atoms with Gasteiger partial charge >= 0.3 is 0 Å². The van der Waals surface area contributed by atoms with Crippen LogP contribution in [0, 0.1) is 0 Å². The second-order valence-electron chi connectivity index (χ2n) is 7.26. The van der Waals surface area contributed by atoms with Gasteiger partial charge in [-0.05, 0) is 38.1 Å². The molecule has 29 heavy (non-hydrogen) atoms. The van der Waals surface area contributed by atoms with Crippen molar-refractivity contribution in [1.29, 1.82) is 0 Å². The minimum absolute atomic E-state index is 0.00383. The van der Waals surface area contributed by atoms with Gasteiger partial charge in [-0.1, -0.05) is 0 Å². The van der Waals surface area contributed by atoms with Crippen LogP contribution < -0.4 is 14.4 Å². The Morgan fingerprint density at radius 3 is 2.72 bits per heavy atom. The molecule has 1 aromatic carbocycles. The van der Waals surface area contributed by atoms with Crippen molar-refractivity contribution < 1.29 is 14.3 Å². The predicted octanol–water partition coefficient (Wildman–Crippen LogP) is 2.56. The average Bonchev–Trinajstić information content (AvgIpc) is 3.11. The topological polar surface area (TPSA) is 67.8 Å². The van der Waals surface area contributed by atoms with Gasteiger partial charge < -0.3 is 19.3 Å². The molecule has 0 spiro atoms. The molecule has 0 N–H and O–H groups in total. The van der Waals surface area contributed by atoms with Crippen molar-refractivity contribution in [1.82, 2.24) is 14.9 Å². The van der Waals surface area contributed by atoms with Gasteiger partial charge in [0.2, 0.25) is 11.9 Å². The molecule has 0 saturated carbocycles. The van der Waals surface area contributed by atoms with Crippen LogP contribution in [0.1, 0.15) is 25.0 Å². The van der Waals surface area contributed by atoms with Gasteiger partial charge in [0, 0.05) is 62.2 Å². The van der Waals surface area contributed by atoms with Crippen molar-refractivity contribution in [2.24, 2.45) is 0 Å². The Balaban J connectivity index is 1.42. The number of hydrogen-bond donors (Lipinski definition) is 0. The summed E-state index contributed by atoms with van der Waals surface area (Å²) in [5.74, 6) is 2.38. The predicted molar refractivity (Wildman–Crippen MR) is 111 cm³/mol. The fraction of sp³-hybridized carbons (Fsp3) is 0.409. The minimum atomic E-state index is -0.00383. The molecule has 152 valence electrons. The third-order valence-electron chi connectivity index (χ3n) is 5.16. The van der Waals surface area contributed by atoms with Crippen LogP contribution in [0.5, 0.6) is 11.5 Å². The van der Waals surface area contributed by atoms with E-state index in [1.807, 2.05) is 30.0 Å². The standard InChI is InChI=1S/C22H26N4O3/c1-3-28-19-15-18-13-16(2)29-20(18)14-17(19)5-6-21(27)25-9-11-26(12-10-25)22-23-7-4-8-24-22/h4-8,14-16H,3,9-13H2,1-2H3/b6-5+/t16-/m1/s1. The van der Waals surface area contributed by atoms with Crippen LogP contribution in [0.2, 0.25) is 0 Å². The largest absolute Gasteiger partial charge is 0.493 e. The van der Waals surface area contributed by atoms with Crippen molar-refractivity contribution >= 4 is 17.9 Å². The number of nitrogens with zero attached hydrogens (tertiary/aromatic N) is 4. The van der Waals surface area contributed by atoms with Crippen LogP contribution in [-0.2, 0) is 11.2 Å². The first-order chi connectivity index (χ1) is 14.1. The molecule has 7 nitrogen and oxygen atoms in total. The van der Waals surface area contributed by atoms with Crippen LogP contribution in [-0.4, -0.2) is 59.7 Å². The maximum atomic E-state index is 12.7. The summed E-state index contributed by atoms with van der Waals surface area (Å²) < 4.78 is 11.6. The molecule has 2 aromatic rings. The van der Waals surface area contributed by atoms with E-state index in [4.69, 9.17) is 9.47 Å². The van der Waals surface area contributed by atoms with E-state index in [1.54, 1.807) is 24.5 Å². The van der Waals surface area contributed by atoms with Gasteiger partial charge in [-0.3, -0.25) is 4.79 Å². The highest BCUT2D eigenvalue weighted by atomic mass is 16.5. The summed E-state index contributed by atoms with van der Waals surface area (Å²) in [6.45, 7) is 7.32. The molecule has 3 heterocycles. The molecule has 1 saturated heterocycles. The molecule has 0 radical (unpaired) electrons. The number of rotatable bonds is 5. The lowest BCUT2D eigenvalue weighted by atomic mass is 10.1. The number of carbonyl (C=O) groups is 1. The molecule has 1 atom stereocenters. The van der Waals surface area contributed by atoms with Gasteiger partial charge in [0.15, 0.2) is 0 Å². The van der Waals surface area contributed by atoms with E-state index in [1.165, 1.54) is 0 Å². The zero-order chi connectivity index (χ0) is 20.2. The van der Waals surface area contributed by atoms with Crippen LogP contribution in [0.15, 0.2) is 36.7 Å². The van der Waals surface area contributed by atoms with E-state index in [9.17, 15) is 4.79 Å². The highest BCUT2D eigenvalue weighted by Gasteiger charge is 2.23. The summed E-state index contributed by atoms with van der Waals surface area (Å²) in [4.78, 5) is 25.2. The third-order valence-corrected chi connectivity index (χ3v) is 5.16. The summed E-state index contributed by atoms with van der Waals surface area (Å²) in [6.07, 6.45) is 7.97. The maximum absolute atomic E-state index is 12.7. The third kappa shape index (κ3) is 4.34. The van der Waals surface area contributed by atoms with Crippen molar-refractivity contribution in [2.45, 2.75) is 26.4 Å². The summed E-state index contributed by atoms with van der Waals surface area (Å²) in [7, 11) is 0. The molecule has 2 aliphatic rings. The Bertz CT molecular complexity index is 892. The summed E-state index contributed by atoms with van der Waals surface area (Å²) in [5.41, 5.74) is 2.02. The number of benzene rings is 1. The minimum Gasteiger partial charge on any atom is -0.493 e. The number of hydrogen-bond acceptors (Lipinski definition) is 6. The van der Waals surface area contributed by atoms with Gasteiger partial charge in [-0.25, -0.2) is 9.97 Å². The molecule has 2 aliphatic heterocycles. The molecular weight excluding hydrogens is 368 g/mol. The SMILES string of the molecule is CCOc1cc2c(cc1/C=C/C(=O)N1CCN(c3ncccn3)CC1)O[C@H](C)C2. The number of amides is 1. The van der Waals surface area contributed by atoms with Gasteiger partial charge in [-0.15, -0.1) is 0 Å². The number of piperazine rings is 1.